The number of ether oxygens (including phenoxy) is 1. The zero-order valence-electron chi connectivity index (χ0n) is 9.78. The van der Waals surface area contributed by atoms with Crippen LogP contribution < -0.4 is 11.1 Å². The smallest absolute Gasteiger partial charge is 0.0700 e. The van der Waals surface area contributed by atoms with Crippen LogP contribution in [0.5, 0.6) is 0 Å². The molecule has 0 spiro atoms. The fourth-order valence-corrected chi connectivity index (χ4v) is 2.13. The summed E-state index contributed by atoms with van der Waals surface area (Å²) in [4.78, 5) is 0. The highest BCUT2D eigenvalue weighted by Crippen LogP contribution is 2.20. The van der Waals surface area contributed by atoms with Gasteiger partial charge in [0.1, 0.15) is 0 Å². The van der Waals surface area contributed by atoms with Crippen LogP contribution in [0, 0.1) is 0 Å². The summed E-state index contributed by atoms with van der Waals surface area (Å²) in [5.41, 5.74) is 7.96. The third kappa shape index (κ3) is 2.74. The lowest BCUT2D eigenvalue weighted by Crippen LogP contribution is -2.29. The number of anilines is 1. The maximum absolute atomic E-state index is 5.93. The quantitative estimate of drug-likeness (QED) is 0.764. The van der Waals surface area contributed by atoms with Crippen molar-refractivity contribution in [2.24, 2.45) is 0 Å². The summed E-state index contributed by atoms with van der Waals surface area (Å²) in [6.45, 7) is 3.96. The van der Waals surface area contributed by atoms with Gasteiger partial charge < -0.3 is 15.8 Å². The Balaban J connectivity index is 1.87. The van der Waals surface area contributed by atoms with Crippen molar-refractivity contribution in [1.29, 1.82) is 0 Å². The van der Waals surface area contributed by atoms with Gasteiger partial charge in [-0.2, -0.15) is 0 Å². The van der Waals surface area contributed by atoms with Gasteiger partial charge in [-0.15, -0.1) is 0 Å². The summed E-state index contributed by atoms with van der Waals surface area (Å²) in [7, 11) is 0. The predicted octanol–water partition coefficient (Wildman–Crippen LogP) is 2.10. The van der Waals surface area contributed by atoms with Crippen LogP contribution in [0.25, 0.3) is 0 Å². The molecule has 2 unspecified atom stereocenters. The molecule has 3 heteroatoms. The Morgan fingerprint density at radius 2 is 2.31 bits per heavy atom. The third-order valence-corrected chi connectivity index (χ3v) is 3.14. The maximum Gasteiger partial charge on any atom is 0.0700 e. The van der Waals surface area contributed by atoms with E-state index in [1.807, 2.05) is 18.2 Å². The first-order valence-electron chi connectivity index (χ1n) is 5.97. The van der Waals surface area contributed by atoms with E-state index in [2.05, 4.69) is 18.3 Å². The first-order valence-corrected chi connectivity index (χ1v) is 5.97. The highest BCUT2D eigenvalue weighted by molar-refractivity contribution is 5.47. The van der Waals surface area contributed by atoms with Crippen molar-refractivity contribution in [2.45, 2.75) is 31.9 Å². The number of para-hydroxylation sites is 1. The summed E-state index contributed by atoms with van der Waals surface area (Å²) in [5.74, 6) is 0. The van der Waals surface area contributed by atoms with Crippen molar-refractivity contribution >= 4 is 5.69 Å². The lowest BCUT2D eigenvalue weighted by atomic mass is 10.1. The molecule has 0 bridgehead atoms. The van der Waals surface area contributed by atoms with E-state index in [4.69, 9.17) is 10.5 Å². The van der Waals surface area contributed by atoms with Crippen LogP contribution in [0.2, 0.25) is 0 Å². The van der Waals surface area contributed by atoms with E-state index in [9.17, 15) is 0 Å². The second-order valence-electron chi connectivity index (χ2n) is 4.39. The van der Waals surface area contributed by atoms with Crippen LogP contribution in [0.3, 0.4) is 0 Å². The van der Waals surface area contributed by atoms with E-state index in [1.165, 1.54) is 18.4 Å². The van der Waals surface area contributed by atoms with E-state index < -0.39 is 0 Å². The van der Waals surface area contributed by atoms with Gasteiger partial charge in [0, 0.05) is 24.9 Å². The molecular weight excluding hydrogens is 200 g/mol. The summed E-state index contributed by atoms with van der Waals surface area (Å²) >= 11 is 0. The number of nitrogens with one attached hydrogen (secondary N) is 1. The minimum atomic E-state index is 0.283. The normalized spacial score (nSPS) is 22.2. The molecule has 2 rings (SSSR count). The van der Waals surface area contributed by atoms with Gasteiger partial charge in [-0.1, -0.05) is 18.2 Å². The zero-order valence-corrected chi connectivity index (χ0v) is 9.78. The summed E-state index contributed by atoms with van der Waals surface area (Å²) in [5, 5.41) is 3.48. The lowest BCUT2D eigenvalue weighted by molar-refractivity contribution is 0.108. The van der Waals surface area contributed by atoms with Gasteiger partial charge in [-0.05, 0) is 31.4 Å². The highest BCUT2D eigenvalue weighted by Gasteiger charge is 2.16. The first-order chi connectivity index (χ1) is 7.77. The van der Waals surface area contributed by atoms with E-state index in [0.29, 0.717) is 6.10 Å². The van der Waals surface area contributed by atoms with Crippen LogP contribution in [-0.4, -0.2) is 19.3 Å². The molecule has 0 aromatic heterocycles. The van der Waals surface area contributed by atoms with Gasteiger partial charge in [-0.25, -0.2) is 0 Å². The fourth-order valence-electron chi connectivity index (χ4n) is 2.13. The molecular formula is C13H20N2O. The van der Waals surface area contributed by atoms with Gasteiger partial charge in [0.15, 0.2) is 0 Å². The van der Waals surface area contributed by atoms with Crippen LogP contribution in [0.1, 0.15) is 31.4 Å². The number of hydrogen-bond donors (Lipinski definition) is 2. The molecule has 1 aromatic carbocycles. The van der Waals surface area contributed by atoms with Gasteiger partial charge in [0.25, 0.3) is 0 Å². The Bertz CT molecular complexity index is 334. The van der Waals surface area contributed by atoms with Crippen molar-refractivity contribution in [3.8, 4) is 0 Å². The summed E-state index contributed by atoms with van der Waals surface area (Å²) in [6, 6.07) is 8.29. The van der Waals surface area contributed by atoms with Gasteiger partial charge in [0.2, 0.25) is 0 Å². The molecule has 0 radical (unpaired) electrons. The zero-order chi connectivity index (χ0) is 11.4. The monoisotopic (exact) mass is 220 g/mol. The van der Waals surface area contributed by atoms with Crippen LogP contribution in [0.15, 0.2) is 24.3 Å². The van der Waals surface area contributed by atoms with Crippen molar-refractivity contribution < 1.29 is 4.74 Å². The Labute approximate surface area is 97.0 Å². The Kier molecular flexibility index (Phi) is 3.80. The van der Waals surface area contributed by atoms with Crippen molar-refractivity contribution in [1.82, 2.24) is 5.32 Å². The standard InChI is InChI=1S/C13H20N2O/c1-10(12-6-2-3-7-13(12)14)15-9-11-5-4-8-16-11/h2-3,6-7,10-11,15H,4-5,8-9,14H2,1H3. The average Bonchev–Trinajstić information content (AvgIpc) is 2.79. The Morgan fingerprint density at radius 3 is 3.00 bits per heavy atom. The van der Waals surface area contributed by atoms with Gasteiger partial charge >= 0.3 is 0 Å². The molecule has 1 aromatic rings. The van der Waals surface area contributed by atoms with Crippen molar-refractivity contribution in [3.63, 3.8) is 0 Å². The largest absolute Gasteiger partial charge is 0.398 e. The average molecular weight is 220 g/mol. The lowest BCUT2D eigenvalue weighted by Gasteiger charge is -2.18. The number of rotatable bonds is 4. The number of hydrogen-bond acceptors (Lipinski definition) is 3. The Morgan fingerprint density at radius 1 is 1.50 bits per heavy atom. The third-order valence-electron chi connectivity index (χ3n) is 3.14. The molecule has 0 saturated carbocycles. The molecule has 2 atom stereocenters. The molecule has 1 saturated heterocycles. The van der Waals surface area contributed by atoms with E-state index in [0.717, 1.165) is 18.8 Å². The second-order valence-corrected chi connectivity index (χ2v) is 4.39. The molecule has 16 heavy (non-hydrogen) atoms. The van der Waals surface area contributed by atoms with E-state index in [1.54, 1.807) is 0 Å². The number of benzene rings is 1. The second kappa shape index (κ2) is 5.32. The van der Waals surface area contributed by atoms with E-state index in [-0.39, 0.29) is 6.04 Å². The molecule has 0 amide bonds. The fraction of sp³-hybridized carbons (Fsp3) is 0.538. The van der Waals surface area contributed by atoms with Crippen LogP contribution >= 0.6 is 0 Å². The number of nitrogen functional groups attached to an aromatic ring is 1. The van der Waals surface area contributed by atoms with Crippen molar-refractivity contribution in [2.75, 3.05) is 18.9 Å². The van der Waals surface area contributed by atoms with Crippen LogP contribution in [-0.2, 0) is 4.74 Å². The molecule has 1 heterocycles. The highest BCUT2D eigenvalue weighted by atomic mass is 16.5. The summed E-state index contributed by atoms with van der Waals surface area (Å²) < 4.78 is 5.58. The summed E-state index contributed by atoms with van der Waals surface area (Å²) in [6.07, 6.45) is 2.74. The molecule has 1 aliphatic heterocycles. The SMILES string of the molecule is CC(NCC1CCCO1)c1ccccc1N. The predicted molar refractivity (Wildman–Crippen MR) is 66.2 cm³/mol. The molecule has 1 fully saturated rings. The number of nitrogens with two attached hydrogens (primary N) is 1. The molecule has 88 valence electrons. The molecule has 1 aliphatic rings. The maximum atomic E-state index is 5.93. The van der Waals surface area contributed by atoms with Crippen molar-refractivity contribution in [3.05, 3.63) is 29.8 Å². The Hall–Kier alpha value is -1.06. The van der Waals surface area contributed by atoms with E-state index >= 15 is 0 Å². The molecule has 0 aliphatic carbocycles. The molecule has 3 N–H and O–H groups in total. The molecule has 3 nitrogen and oxygen atoms in total. The minimum Gasteiger partial charge on any atom is -0.398 e. The van der Waals surface area contributed by atoms with Crippen LogP contribution in [0.4, 0.5) is 5.69 Å². The van der Waals surface area contributed by atoms with Gasteiger partial charge in [0.05, 0.1) is 6.10 Å². The van der Waals surface area contributed by atoms with Gasteiger partial charge in [-0.3, -0.25) is 0 Å². The topological polar surface area (TPSA) is 47.3 Å². The first kappa shape index (κ1) is 11.4. The minimum absolute atomic E-state index is 0.283.